The number of H-pyrrole nitrogens is 1. The molecule has 3 amide bonds. The zero-order chi connectivity index (χ0) is 19.7. The molecule has 0 saturated carbocycles. The van der Waals surface area contributed by atoms with Crippen molar-refractivity contribution in [2.75, 3.05) is 13.2 Å². The van der Waals surface area contributed by atoms with Crippen LogP contribution in [-0.4, -0.2) is 75.1 Å². The van der Waals surface area contributed by atoms with Gasteiger partial charge in [-0.3, -0.25) is 14.4 Å². The van der Waals surface area contributed by atoms with E-state index in [0.717, 1.165) is 0 Å². The molecule has 0 aliphatic carbocycles. The number of aliphatic hydroxyl groups excluding tert-OH is 1. The predicted octanol–water partition coefficient (Wildman–Crippen LogP) is -3.54. The number of carboxylic acids is 1. The molecule has 0 bridgehead atoms. The Bertz CT molecular complexity index is 632. The number of nitrogens with zero attached hydrogens (tertiary/aromatic N) is 1. The Morgan fingerprint density at radius 1 is 1.23 bits per heavy atom. The lowest BCUT2D eigenvalue weighted by Gasteiger charge is -2.20. The van der Waals surface area contributed by atoms with Crippen molar-refractivity contribution in [1.29, 1.82) is 0 Å². The first-order chi connectivity index (χ1) is 12.2. The molecule has 12 heteroatoms. The van der Waals surface area contributed by atoms with Crippen LogP contribution in [0.1, 0.15) is 12.6 Å². The summed E-state index contributed by atoms with van der Waals surface area (Å²) >= 11 is 0. The number of aromatic amines is 1. The van der Waals surface area contributed by atoms with Crippen LogP contribution in [0, 0.1) is 0 Å². The molecular weight excluding hydrogens is 348 g/mol. The van der Waals surface area contributed by atoms with Gasteiger partial charge in [0, 0.05) is 18.3 Å². The summed E-state index contributed by atoms with van der Waals surface area (Å²) in [5.74, 6) is -3.48. The number of carboxylic acid groups (broad SMARTS) is 1. The third-order valence-electron chi connectivity index (χ3n) is 3.26. The summed E-state index contributed by atoms with van der Waals surface area (Å²) in [6, 6.07) is -3.47. The first-order valence-corrected chi connectivity index (χ1v) is 7.68. The van der Waals surface area contributed by atoms with Gasteiger partial charge in [0.2, 0.25) is 17.7 Å². The molecule has 0 saturated heterocycles. The average Bonchev–Trinajstić information content (AvgIpc) is 3.09. The second-order valence-electron chi connectivity index (χ2n) is 5.49. The molecule has 1 aromatic rings. The zero-order valence-corrected chi connectivity index (χ0v) is 14.1. The zero-order valence-electron chi connectivity index (χ0n) is 14.1. The molecule has 1 heterocycles. The van der Waals surface area contributed by atoms with E-state index in [2.05, 4.69) is 25.9 Å². The number of rotatable bonds is 10. The molecule has 8 N–H and O–H groups in total. The number of hydrogen-bond donors (Lipinski definition) is 7. The molecule has 0 aliphatic rings. The molecule has 0 aromatic carbocycles. The number of amides is 3. The van der Waals surface area contributed by atoms with Gasteiger partial charge in [-0.2, -0.15) is 0 Å². The molecule has 0 aliphatic heterocycles. The fraction of sp³-hybridized carbons (Fsp3) is 0.500. The van der Waals surface area contributed by atoms with Crippen LogP contribution in [0.25, 0.3) is 0 Å². The summed E-state index contributed by atoms with van der Waals surface area (Å²) in [5.41, 5.74) is 5.81. The molecule has 1 rings (SSSR count). The van der Waals surface area contributed by atoms with Crippen molar-refractivity contribution in [3.05, 3.63) is 18.2 Å². The lowest BCUT2D eigenvalue weighted by atomic mass is 10.1. The summed E-state index contributed by atoms with van der Waals surface area (Å²) in [4.78, 5) is 52.9. The summed E-state index contributed by atoms with van der Waals surface area (Å²) < 4.78 is 0. The Morgan fingerprint density at radius 2 is 1.92 bits per heavy atom. The largest absolute Gasteiger partial charge is 0.480 e. The third kappa shape index (κ3) is 6.86. The van der Waals surface area contributed by atoms with Gasteiger partial charge in [-0.1, -0.05) is 0 Å². The molecular formula is C14H22N6O6. The number of aliphatic carboxylic acids is 1. The van der Waals surface area contributed by atoms with Crippen LogP contribution in [0.3, 0.4) is 0 Å². The molecule has 1 aromatic heterocycles. The van der Waals surface area contributed by atoms with Gasteiger partial charge < -0.3 is 36.9 Å². The number of imidazole rings is 1. The number of aliphatic hydroxyl groups is 1. The minimum Gasteiger partial charge on any atom is -0.480 e. The standard InChI is InChI=1S/C14H22N6O6/c1-7(15)12(23)17-4-11(22)19-10(5-21)13(24)20-9(14(25)26)2-8-3-16-6-18-8/h3,6-7,9-10,21H,2,4-5,15H2,1H3,(H,16,18)(H,17,23)(H,19,22)(H,20,24)(H,25,26). The topological polar surface area (TPSA) is 200 Å². The minimum absolute atomic E-state index is 0.0579. The molecule has 26 heavy (non-hydrogen) atoms. The number of nitrogens with one attached hydrogen (secondary N) is 4. The summed E-state index contributed by atoms with van der Waals surface area (Å²) in [5, 5.41) is 25.1. The predicted molar refractivity (Wildman–Crippen MR) is 87.5 cm³/mol. The van der Waals surface area contributed by atoms with E-state index in [0.29, 0.717) is 5.69 Å². The Hall–Kier alpha value is -2.99. The summed E-state index contributed by atoms with van der Waals surface area (Å²) in [6.07, 6.45) is 2.72. The molecule has 0 spiro atoms. The third-order valence-corrected chi connectivity index (χ3v) is 3.26. The Labute approximate surface area is 148 Å². The first kappa shape index (κ1) is 21.1. The van der Waals surface area contributed by atoms with E-state index in [-0.39, 0.29) is 6.42 Å². The van der Waals surface area contributed by atoms with Crippen LogP contribution in [0.5, 0.6) is 0 Å². The van der Waals surface area contributed by atoms with E-state index < -0.39 is 55.0 Å². The van der Waals surface area contributed by atoms with Crippen molar-refractivity contribution in [3.8, 4) is 0 Å². The SMILES string of the molecule is CC(N)C(=O)NCC(=O)NC(CO)C(=O)NC(Cc1cnc[nH]1)C(=O)O. The molecule has 144 valence electrons. The number of nitrogens with two attached hydrogens (primary N) is 1. The van der Waals surface area contributed by atoms with Crippen molar-refractivity contribution in [2.24, 2.45) is 5.73 Å². The van der Waals surface area contributed by atoms with Gasteiger partial charge in [0.25, 0.3) is 0 Å². The number of carbonyl (C=O) groups excluding carboxylic acids is 3. The fourth-order valence-electron chi connectivity index (χ4n) is 1.86. The van der Waals surface area contributed by atoms with E-state index in [1.807, 2.05) is 0 Å². The highest BCUT2D eigenvalue weighted by Gasteiger charge is 2.26. The summed E-state index contributed by atoms with van der Waals surface area (Å²) in [6.45, 7) is 0.235. The molecule has 3 unspecified atom stereocenters. The van der Waals surface area contributed by atoms with E-state index in [1.165, 1.54) is 19.4 Å². The maximum atomic E-state index is 12.1. The van der Waals surface area contributed by atoms with Gasteiger partial charge in [0.1, 0.15) is 12.1 Å². The number of carbonyl (C=O) groups is 4. The smallest absolute Gasteiger partial charge is 0.326 e. The summed E-state index contributed by atoms with van der Waals surface area (Å²) in [7, 11) is 0. The van der Waals surface area contributed by atoms with Gasteiger partial charge >= 0.3 is 5.97 Å². The lowest BCUT2D eigenvalue weighted by molar-refractivity contribution is -0.142. The first-order valence-electron chi connectivity index (χ1n) is 7.68. The van der Waals surface area contributed by atoms with Crippen molar-refractivity contribution in [3.63, 3.8) is 0 Å². The van der Waals surface area contributed by atoms with Crippen molar-refractivity contribution in [2.45, 2.75) is 31.5 Å². The van der Waals surface area contributed by atoms with Crippen LogP contribution in [-0.2, 0) is 25.6 Å². The Morgan fingerprint density at radius 3 is 2.42 bits per heavy atom. The molecule has 0 fully saturated rings. The minimum atomic E-state index is -1.38. The van der Waals surface area contributed by atoms with Gasteiger partial charge in [0.05, 0.1) is 25.5 Å². The normalized spacial score (nSPS) is 14.0. The van der Waals surface area contributed by atoms with Crippen molar-refractivity contribution in [1.82, 2.24) is 25.9 Å². The quantitative estimate of drug-likeness (QED) is 0.219. The van der Waals surface area contributed by atoms with Crippen molar-refractivity contribution < 1.29 is 29.4 Å². The van der Waals surface area contributed by atoms with Gasteiger partial charge in [-0.25, -0.2) is 9.78 Å². The fourth-order valence-corrected chi connectivity index (χ4v) is 1.86. The maximum Gasteiger partial charge on any atom is 0.326 e. The molecule has 12 nitrogen and oxygen atoms in total. The van der Waals surface area contributed by atoms with E-state index in [1.54, 1.807) is 0 Å². The lowest BCUT2D eigenvalue weighted by Crippen LogP contribution is -2.55. The van der Waals surface area contributed by atoms with E-state index in [9.17, 15) is 29.4 Å². The van der Waals surface area contributed by atoms with Crippen molar-refractivity contribution >= 4 is 23.7 Å². The monoisotopic (exact) mass is 370 g/mol. The second-order valence-corrected chi connectivity index (χ2v) is 5.49. The van der Waals surface area contributed by atoms with Crippen LogP contribution >= 0.6 is 0 Å². The van der Waals surface area contributed by atoms with E-state index >= 15 is 0 Å². The Kier molecular flexibility index (Phi) is 8.18. The van der Waals surface area contributed by atoms with E-state index in [4.69, 9.17) is 5.73 Å². The second kappa shape index (κ2) is 10.1. The molecule has 0 radical (unpaired) electrons. The number of hydrogen-bond acceptors (Lipinski definition) is 7. The van der Waals surface area contributed by atoms with Crippen LogP contribution in [0.2, 0.25) is 0 Å². The molecule has 3 atom stereocenters. The average molecular weight is 370 g/mol. The van der Waals surface area contributed by atoms with Crippen LogP contribution in [0.15, 0.2) is 12.5 Å². The highest BCUT2D eigenvalue weighted by molar-refractivity contribution is 5.92. The van der Waals surface area contributed by atoms with Gasteiger partial charge in [-0.05, 0) is 6.92 Å². The van der Waals surface area contributed by atoms with Crippen LogP contribution < -0.4 is 21.7 Å². The van der Waals surface area contributed by atoms with Gasteiger partial charge in [0.15, 0.2) is 0 Å². The highest BCUT2D eigenvalue weighted by Crippen LogP contribution is 1.99. The maximum absolute atomic E-state index is 12.1. The van der Waals surface area contributed by atoms with Gasteiger partial charge in [-0.15, -0.1) is 0 Å². The highest BCUT2D eigenvalue weighted by atomic mass is 16.4. The van der Waals surface area contributed by atoms with Crippen LogP contribution in [0.4, 0.5) is 0 Å². The number of aromatic nitrogens is 2. The Balaban J connectivity index is 2.58.